The average molecular weight is 380 g/mol. The highest BCUT2D eigenvalue weighted by molar-refractivity contribution is 5.91. The molecule has 1 aromatic carbocycles. The number of esters is 1. The molecule has 1 saturated carbocycles. The Balaban J connectivity index is 1.56. The molecule has 1 N–H and O–H groups in total. The Labute approximate surface area is 164 Å². The van der Waals surface area contributed by atoms with Gasteiger partial charge >= 0.3 is 11.9 Å². The number of allylic oxidation sites excluding steroid dienone is 1. The van der Waals surface area contributed by atoms with E-state index in [0.29, 0.717) is 31.4 Å². The number of ether oxygens (including phenoxy) is 1. The number of hydrogen-bond acceptors (Lipinski definition) is 4. The maximum Gasteiger partial charge on any atom is 0.333 e. The molecule has 2 heterocycles. The smallest absolute Gasteiger partial charge is 0.333 e. The maximum atomic E-state index is 12.3. The molecular formula is C23H24O5. The van der Waals surface area contributed by atoms with E-state index < -0.39 is 16.8 Å². The number of carbonyl (C=O) groups is 2. The summed E-state index contributed by atoms with van der Waals surface area (Å²) >= 11 is 0. The van der Waals surface area contributed by atoms with Crippen LogP contribution < -0.4 is 0 Å². The Kier molecular flexibility index (Phi) is 4.41. The first kappa shape index (κ1) is 18.5. The van der Waals surface area contributed by atoms with Gasteiger partial charge in [-0.3, -0.25) is 4.79 Å². The maximum absolute atomic E-state index is 12.3. The zero-order valence-electron chi connectivity index (χ0n) is 16.1. The van der Waals surface area contributed by atoms with Crippen molar-refractivity contribution in [1.82, 2.24) is 0 Å². The number of benzene rings is 1. The third kappa shape index (κ3) is 2.95. The van der Waals surface area contributed by atoms with E-state index in [2.05, 4.69) is 0 Å². The Morgan fingerprint density at radius 1 is 1.25 bits per heavy atom. The van der Waals surface area contributed by atoms with Gasteiger partial charge in [-0.2, -0.15) is 0 Å². The van der Waals surface area contributed by atoms with Gasteiger partial charge in [0.05, 0.1) is 18.3 Å². The van der Waals surface area contributed by atoms with Gasteiger partial charge in [0, 0.05) is 24.3 Å². The lowest BCUT2D eigenvalue weighted by molar-refractivity contribution is -0.145. The van der Waals surface area contributed by atoms with Crippen LogP contribution in [0.25, 0.3) is 0 Å². The molecule has 1 aliphatic carbocycles. The predicted octanol–water partition coefficient (Wildman–Crippen LogP) is 4.01. The van der Waals surface area contributed by atoms with Crippen molar-refractivity contribution < 1.29 is 23.8 Å². The third-order valence-corrected chi connectivity index (χ3v) is 6.40. The second-order valence-electron chi connectivity index (χ2n) is 8.31. The number of carbonyl (C=O) groups excluding carboxylic acids is 1. The Morgan fingerprint density at radius 3 is 2.64 bits per heavy atom. The van der Waals surface area contributed by atoms with Crippen LogP contribution in [0.5, 0.6) is 0 Å². The minimum atomic E-state index is -0.948. The summed E-state index contributed by atoms with van der Waals surface area (Å²) in [5, 5.41) is 10.1. The van der Waals surface area contributed by atoms with Crippen LogP contribution in [-0.2, 0) is 27.2 Å². The molecular weight excluding hydrogens is 356 g/mol. The van der Waals surface area contributed by atoms with Crippen LogP contribution in [0.1, 0.15) is 37.2 Å². The summed E-state index contributed by atoms with van der Waals surface area (Å²) in [6.07, 6.45) is 5.08. The number of furan rings is 1. The summed E-state index contributed by atoms with van der Waals surface area (Å²) < 4.78 is 10.7. The molecule has 2 fully saturated rings. The zero-order valence-corrected chi connectivity index (χ0v) is 16.1. The molecule has 2 aliphatic rings. The molecule has 5 heteroatoms. The summed E-state index contributed by atoms with van der Waals surface area (Å²) in [4.78, 5) is 24.1. The van der Waals surface area contributed by atoms with Gasteiger partial charge in [0.15, 0.2) is 0 Å². The van der Waals surface area contributed by atoms with Gasteiger partial charge in [0.25, 0.3) is 0 Å². The predicted molar refractivity (Wildman–Crippen MR) is 103 cm³/mol. The Bertz CT molecular complexity index is 937. The van der Waals surface area contributed by atoms with Crippen molar-refractivity contribution in [1.29, 1.82) is 0 Å². The molecule has 2 aromatic rings. The van der Waals surface area contributed by atoms with Gasteiger partial charge in [-0.15, -0.1) is 0 Å². The van der Waals surface area contributed by atoms with Crippen LogP contribution in [0.3, 0.4) is 0 Å². The van der Waals surface area contributed by atoms with E-state index in [9.17, 15) is 14.7 Å². The molecule has 5 nitrogen and oxygen atoms in total. The summed E-state index contributed by atoms with van der Waals surface area (Å²) in [5.74, 6) is -0.563. The van der Waals surface area contributed by atoms with Gasteiger partial charge in [0.2, 0.25) is 0 Å². The van der Waals surface area contributed by atoms with E-state index >= 15 is 0 Å². The molecule has 4 rings (SSSR count). The zero-order chi connectivity index (χ0) is 19.9. The van der Waals surface area contributed by atoms with Crippen molar-refractivity contribution >= 4 is 11.9 Å². The van der Waals surface area contributed by atoms with Crippen LogP contribution in [0.15, 0.2) is 58.7 Å². The highest BCUT2D eigenvalue weighted by Gasteiger charge is 2.74. The Morgan fingerprint density at radius 2 is 2.00 bits per heavy atom. The molecule has 1 aromatic heterocycles. The van der Waals surface area contributed by atoms with Gasteiger partial charge in [-0.25, -0.2) is 4.79 Å². The largest absolute Gasteiger partial charge is 0.481 e. The van der Waals surface area contributed by atoms with Crippen LogP contribution in [0.2, 0.25) is 0 Å². The lowest BCUT2D eigenvalue weighted by atomic mass is 9.89. The fourth-order valence-corrected chi connectivity index (χ4v) is 4.60. The van der Waals surface area contributed by atoms with Crippen LogP contribution in [0, 0.1) is 16.7 Å². The molecule has 0 bridgehead atoms. The first-order chi connectivity index (χ1) is 13.3. The van der Waals surface area contributed by atoms with Crippen molar-refractivity contribution in [2.24, 2.45) is 16.7 Å². The molecule has 0 radical (unpaired) electrons. The second-order valence-corrected chi connectivity index (χ2v) is 8.31. The van der Waals surface area contributed by atoms with Crippen LogP contribution >= 0.6 is 0 Å². The molecule has 2 unspecified atom stereocenters. The summed E-state index contributed by atoms with van der Waals surface area (Å²) in [6, 6.07) is 12.0. The van der Waals surface area contributed by atoms with Crippen molar-refractivity contribution in [3.8, 4) is 0 Å². The summed E-state index contributed by atoms with van der Waals surface area (Å²) in [7, 11) is 0. The Hall–Kier alpha value is -2.82. The van der Waals surface area contributed by atoms with E-state index in [4.69, 9.17) is 9.15 Å². The fraction of sp³-hybridized carbons (Fsp3) is 0.391. The number of aliphatic carboxylic acids is 1. The molecule has 0 spiro atoms. The molecule has 146 valence electrons. The van der Waals surface area contributed by atoms with E-state index in [-0.39, 0.29) is 11.9 Å². The molecule has 1 aliphatic heterocycles. The second kappa shape index (κ2) is 6.66. The fourth-order valence-electron chi connectivity index (χ4n) is 4.60. The van der Waals surface area contributed by atoms with E-state index in [0.717, 1.165) is 16.9 Å². The lowest BCUT2D eigenvalue weighted by Gasteiger charge is -2.14. The normalized spacial score (nSPS) is 27.0. The highest BCUT2D eigenvalue weighted by atomic mass is 16.5. The summed E-state index contributed by atoms with van der Waals surface area (Å²) in [6.45, 7) is 4.28. The van der Waals surface area contributed by atoms with E-state index in [1.165, 1.54) is 0 Å². The van der Waals surface area contributed by atoms with E-state index in [1.807, 2.05) is 56.3 Å². The van der Waals surface area contributed by atoms with Gasteiger partial charge in [0.1, 0.15) is 5.76 Å². The van der Waals surface area contributed by atoms with Crippen molar-refractivity contribution in [2.45, 2.75) is 33.1 Å². The first-order valence-corrected chi connectivity index (χ1v) is 9.56. The van der Waals surface area contributed by atoms with Crippen LogP contribution in [-0.4, -0.2) is 23.7 Å². The minimum absolute atomic E-state index is 0.217. The number of cyclic esters (lactones) is 1. The topological polar surface area (TPSA) is 76.7 Å². The minimum Gasteiger partial charge on any atom is -0.481 e. The highest BCUT2D eigenvalue weighted by Crippen LogP contribution is 2.71. The third-order valence-electron chi connectivity index (χ3n) is 6.40. The quantitative estimate of drug-likeness (QED) is 0.605. The van der Waals surface area contributed by atoms with Gasteiger partial charge < -0.3 is 14.3 Å². The van der Waals surface area contributed by atoms with Crippen LogP contribution in [0.4, 0.5) is 0 Å². The molecule has 28 heavy (non-hydrogen) atoms. The molecule has 2 atom stereocenters. The lowest BCUT2D eigenvalue weighted by Crippen LogP contribution is -2.24. The SMILES string of the molecule is CC1(C)C(C=C2CCOC2=O)C1(Cc1coc(Cc2ccccc2)c1)C(=O)O. The van der Waals surface area contributed by atoms with Gasteiger partial charge in [-0.1, -0.05) is 50.3 Å². The number of carboxylic acid groups (broad SMARTS) is 1. The monoisotopic (exact) mass is 380 g/mol. The number of hydrogen-bond donors (Lipinski definition) is 1. The number of rotatable bonds is 6. The number of carboxylic acids is 1. The van der Waals surface area contributed by atoms with E-state index in [1.54, 1.807) is 6.26 Å². The average Bonchev–Trinajstić information content (AvgIpc) is 3.04. The molecule has 1 saturated heterocycles. The van der Waals surface area contributed by atoms with Crippen molar-refractivity contribution in [3.63, 3.8) is 0 Å². The van der Waals surface area contributed by atoms with Crippen molar-refractivity contribution in [2.75, 3.05) is 6.61 Å². The first-order valence-electron chi connectivity index (χ1n) is 9.56. The van der Waals surface area contributed by atoms with Crippen molar-refractivity contribution in [3.05, 3.63) is 71.2 Å². The standard InChI is InChI=1S/C23H24O5/c1-22(2)19(12-17-8-9-27-20(17)24)23(22,21(25)26)13-16-11-18(28-14-16)10-15-6-4-3-5-7-15/h3-7,11-12,14,19H,8-10,13H2,1-2H3,(H,25,26). The van der Waals surface area contributed by atoms with Gasteiger partial charge in [-0.05, 0) is 29.0 Å². The molecule has 0 amide bonds. The summed E-state index contributed by atoms with van der Waals surface area (Å²) in [5.41, 5.74) is 1.21.